The van der Waals surface area contributed by atoms with Crippen molar-refractivity contribution in [2.75, 3.05) is 38.5 Å². The molecule has 1 amide bonds. The minimum atomic E-state index is -3.22. The number of nitrogens with one attached hydrogen (secondary N) is 1. The van der Waals surface area contributed by atoms with Crippen molar-refractivity contribution in [3.8, 4) is 0 Å². The lowest BCUT2D eigenvalue weighted by atomic mass is 9.72. The summed E-state index contributed by atoms with van der Waals surface area (Å²) in [5, 5.41) is 3.18. The van der Waals surface area contributed by atoms with Crippen LogP contribution in [0.3, 0.4) is 0 Å². The second kappa shape index (κ2) is 9.58. The van der Waals surface area contributed by atoms with Crippen LogP contribution in [0.15, 0.2) is 30.3 Å². The first kappa shape index (κ1) is 22.2. The van der Waals surface area contributed by atoms with E-state index in [0.717, 1.165) is 18.7 Å². The summed E-state index contributed by atoms with van der Waals surface area (Å²) < 4.78 is 26.1. The first-order valence-corrected chi connectivity index (χ1v) is 12.6. The average molecular weight is 422 g/mol. The molecule has 2 fully saturated rings. The van der Waals surface area contributed by atoms with E-state index in [1.165, 1.54) is 23.6 Å². The van der Waals surface area contributed by atoms with Crippen LogP contribution in [0, 0.1) is 0 Å². The molecule has 2 saturated heterocycles. The molecule has 0 aliphatic carbocycles. The zero-order chi connectivity index (χ0) is 20.9. The highest BCUT2D eigenvalue weighted by atomic mass is 32.2. The van der Waals surface area contributed by atoms with Crippen LogP contribution in [0.25, 0.3) is 0 Å². The molecule has 0 saturated carbocycles. The quantitative estimate of drug-likeness (QED) is 0.734. The van der Waals surface area contributed by atoms with Gasteiger partial charge >= 0.3 is 0 Å². The number of sulfonamides is 1. The molecule has 2 heterocycles. The van der Waals surface area contributed by atoms with Gasteiger partial charge in [-0.25, -0.2) is 12.7 Å². The van der Waals surface area contributed by atoms with Gasteiger partial charge in [0, 0.05) is 32.2 Å². The summed E-state index contributed by atoms with van der Waals surface area (Å²) in [4.78, 5) is 15.8. The van der Waals surface area contributed by atoms with E-state index in [-0.39, 0.29) is 11.7 Å². The number of amides is 1. The maximum atomic E-state index is 13.4. The first-order valence-electron chi connectivity index (χ1n) is 10.9. The molecule has 1 unspecified atom stereocenters. The van der Waals surface area contributed by atoms with Crippen LogP contribution in [0.2, 0.25) is 0 Å². The van der Waals surface area contributed by atoms with Crippen molar-refractivity contribution in [3.05, 3.63) is 35.9 Å². The highest BCUT2D eigenvalue weighted by Crippen LogP contribution is 2.36. The molecule has 0 spiro atoms. The van der Waals surface area contributed by atoms with Crippen LogP contribution in [-0.2, 0) is 20.2 Å². The zero-order valence-corrected chi connectivity index (χ0v) is 18.6. The Kier molecular flexibility index (Phi) is 7.35. The number of nitrogens with zero attached hydrogens (tertiary/aromatic N) is 2. The van der Waals surface area contributed by atoms with Crippen LogP contribution in [0.5, 0.6) is 0 Å². The highest BCUT2D eigenvalue weighted by Gasteiger charge is 2.44. The predicted molar refractivity (Wildman–Crippen MR) is 116 cm³/mol. The Morgan fingerprint density at radius 1 is 1.14 bits per heavy atom. The van der Waals surface area contributed by atoms with Crippen molar-refractivity contribution in [1.29, 1.82) is 0 Å². The van der Waals surface area contributed by atoms with Gasteiger partial charge in [0.05, 0.1) is 11.2 Å². The Labute approximate surface area is 175 Å². The van der Waals surface area contributed by atoms with Crippen molar-refractivity contribution < 1.29 is 13.2 Å². The van der Waals surface area contributed by atoms with Gasteiger partial charge in [-0.3, -0.25) is 9.69 Å². The number of carbonyl (C=O) groups is 1. The maximum Gasteiger partial charge on any atom is 0.230 e. The summed E-state index contributed by atoms with van der Waals surface area (Å²) >= 11 is 0. The van der Waals surface area contributed by atoms with Gasteiger partial charge in [-0.15, -0.1) is 0 Å². The Bertz CT molecular complexity index is 774. The van der Waals surface area contributed by atoms with Gasteiger partial charge in [-0.05, 0) is 51.6 Å². The minimum Gasteiger partial charge on any atom is -0.354 e. The molecule has 0 bridgehead atoms. The average Bonchev–Trinajstić information content (AvgIpc) is 2.75. The molecule has 7 heteroatoms. The lowest BCUT2D eigenvalue weighted by molar-refractivity contribution is -0.128. The number of hydrogen-bond acceptors (Lipinski definition) is 4. The highest BCUT2D eigenvalue weighted by molar-refractivity contribution is 7.89. The van der Waals surface area contributed by atoms with Crippen LogP contribution >= 0.6 is 0 Å². The van der Waals surface area contributed by atoms with E-state index in [1.807, 2.05) is 30.3 Å². The summed E-state index contributed by atoms with van der Waals surface area (Å²) in [6, 6.07) is 10.4. The van der Waals surface area contributed by atoms with E-state index in [1.54, 1.807) is 6.92 Å². The standard InChI is InChI=1S/C22H35N3O3S/c1-3-29(27,28)25-16-12-22(13-17-25,20-10-5-4-6-11-20)21(26)23-14-18-24-15-8-7-9-19(24)2/h4-6,10-11,19H,3,7-9,12-18H2,1-2H3,(H,23,26). The third-order valence-electron chi connectivity index (χ3n) is 6.72. The molecule has 1 N–H and O–H groups in total. The molecule has 6 nitrogen and oxygen atoms in total. The number of carbonyl (C=O) groups excluding carboxylic acids is 1. The third kappa shape index (κ3) is 5.01. The van der Waals surface area contributed by atoms with E-state index in [4.69, 9.17) is 0 Å². The van der Waals surface area contributed by atoms with Gasteiger partial charge in [-0.2, -0.15) is 0 Å². The number of rotatable bonds is 7. The summed E-state index contributed by atoms with van der Waals surface area (Å²) in [5.74, 6) is 0.132. The lowest BCUT2D eigenvalue weighted by Crippen LogP contribution is -2.54. The van der Waals surface area contributed by atoms with Crippen molar-refractivity contribution in [3.63, 3.8) is 0 Å². The maximum absolute atomic E-state index is 13.4. The fraction of sp³-hybridized carbons (Fsp3) is 0.682. The second-order valence-electron chi connectivity index (χ2n) is 8.38. The molecule has 29 heavy (non-hydrogen) atoms. The van der Waals surface area contributed by atoms with Gasteiger partial charge in [0.15, 0.2) is 0 Å². The van der Waals surface area contributed by atoms with Crippen LogP contribution < -0.4 is 5.32 Å². The van der Waals surface area contributed by atoms with Gasteiger partial charge in [-0.1, -0.05) is 36.8 Å². The van der Waals surface area contributed by atoms with E-state index in [0.29, 0.717) is 38.5 Å². The Morgan fingerprint density at radius 3 is 2.45 bits per heavy atom. The summed E-state index contributed by atoms with van der Waals surface area (Å²) in [5.41, 5.74) is 0.325. The zero-order valence-electron chi connectivity index (χ0n) is 17.8. The number of benzene rings is 1. The molecule has 2 aliphatic heterocycles. The van der Waals surface area contributed by atoms with E-state index >= 15 is 0 Å². The SMILES string of the molecule is CCS(=O)(=O)N1CCC(C(=O)NCCN2CCCCC2C)(c2ccccc2)CC1. The van der Waals surface area contributed by atoms with Gasteiger partial charge < -0.3 is 5.32 Å². The van der Waals surface area contributed by atoms with Crippen molar-refractivity contribution in [2.45, 2.75) is 57.4 Å². The number of piperidine rings is 2. The number of hydrogen-bond donors (Lipinski definition) is 1. The van der Waals surface area contributed by atoms with Crippen LogP contribution in [-0.4, -0.2) is 68.0 Å². The molecular formula is C22H35N3O3S. The molecule has 1 atom stereocenters. The van der Waals surface area contributed by atoms with Gasteiger partial charge in [0.25, 0.3) is 0 Å². The van der Waals surface area contributed by atoms with Crippen LogP contribution in [0.4, 0.5) is 0 Å². The Hall–Kier alpha value is -1.44. The molecule has 3 rings (SSSR count). The topological polar surface area (TPSA) is 69.7 Å². The van der Waals surface area contributed by atoms with E-state index in [9.17, 15) is 13.2 Å². The number of likely N-dealkylation sites (tertiary alicyclic amines) is 1. The Morgan fingerprint density at radius 2 is 1.83 bits per heavy atom. The molecule has 0 radical (unpaired) electrons. The van der Waals surface area contributed by atoms with Crippen molar-refractivity contribution in [2.24, 2.45) is 0 Å². The Balaban J connectivity index is 1.69. The van der Waals surface area contributed by atoms with Gasteiger partial charge in [0.2, 0.25) is 15.9 Å². The fourth-order valence-electron chi connectivity index (χ4n) is 4.70. The van der Waals surface area contributed by atoms with E-state index < -0.39 is 15.4 Å². The predicted octanol–water partition coefficient (Wildman–Crippen LogP) is 2.36. The summed E-state index contributed by atoms with van der Waals surface area (Å²) in [6.07, 6.45) is 4.78. The first-order chi connectivity index (χ1) is 13.9. The van der Waals surface area contributed by atoms with Crippen molar-refractivity contribution >= 4 is 15.9 Å². The molecular weight excluding hydrogens is 386 g/mol. The molecule has 1 aromatic rings. The van der Waals surface area contributed by atoms with Gasteiger partial charge in [0.1, 0.15) is 0 Å². The molecule has 162 valence electrons. The normalized spacial score (nSPS) is 23.6. The monoisotopic (exact) mass is 421 g/mol. The van der Waals surface area contributed by atoms with Crippen LogP contribution in [0.1, 0.15) is 51.5 Å². The fourth-order valence-corrected chi connectivity index (χ4v) is 5.81. The molecule has 1 aromatic carbocycles. The second-order valence-corrected chi connectivity index (χ2v) is 10.6. The lowest BCUT2D eigenvalue weighted by Gasteiger charge is -2.40. The molecule has 2 aliphatic rings. The summed E-state index contributed by atoms with van der Waals surface area (Å²) in [6.45, 7) is 7.32. The third-order valence-corrected chi connectivity index (χ3v) is 8.60. The smallest absolute Gasteiger partial charge is 0.230 e. The van der Waals surface area contributed by atoms with E-state index in [2.05, 4.69) is 17.1 Å². The van der Waals surface area contributed by atoms with Crippen molar-refractivity contribution in [1.82, 2.24) is 14.5 Å². The minimum absolute atomic E-state index is 0.0295. The largest absolute Gasteiger partial charge is 0.354 e. The summed E-state index contributed by atoms with van der Waals surface area (Å²) in [7, 11) is -3.22. The molecule has 0 aromatic heterocycles.